The van der Waals surface area contributed by atoms with Gasteiger partial charge in [0.05, 0.1) is 0 Å². The van der Waals surface area contributed by atoms with Crippen molar-refractivity contribution >= 4 is 6.08 Å². The quantitative estimate of drug-likeness (QED) is 0.642. The van der Waals surface area contributed by atoms with E-state index in [1.54, 1.807) is 5.57 Å². The van der Waals surface area contributed by atoms with Gasteiger partial charge < -0.3 is 0 Å². The van der Waals surface area contributed by atoms with Crippen LogP contribution >= 0.6 is 0 Å². The zero-order valence-electron chi connectivity index (χ0n) is 8.06. The molecule has 0 fully saturated rings. The topological polar surface area (TPSA) is 0 Å². The minimum atomic E-state index is -2.50. The third-order valence-electron chi connectivity index (χ3n) is 2.29. The number of benzene rings is 1. The molecule has 14 heavy (non-hydrogen) atoms. The van der Waals surface area contributed by atoms with Crippen molar-refractivity contribution in [2.45, 2.75) is 19.8 Å². The van der Waals surface area contributed by atoms with Gasteiger partial charge in [0.1, 0.15) is 0 Å². The van der Waals surface area contributed by atoms with Gasteiger partial charge in [-0.1, -0.05) is 42.8 Å². The summed E-state index contributed by atoms with van der Waals surface area (Å²) < 4.78 is 19.5. The van der Waals surface area contributed by atoms with Crippen LogP contribution in [0.3, 0.4) is 0 Å². The Balaban J connectivity index is 0.000000293. The summed E-state index contributed by atoms with van der Waals surface area (Å²) in [4.78, 5) is 0. The first-order valence-corrected chi connectivity index (χ1v) is 5.73. The third kappa shape index (κ3) is 3.04. The average molecular weight is 230 g/mol. The Bertz CT molecular complexity index is 321. The van der Waals surface area contributed by atoms with Crippen LogP contribution in [0.5, 0.6) is 0 Å². The molecule has 1 aliphatic rings. The first-order valence-electron chi connectivity index (χ1n) is 4.55. The van der Waals surface area contributed by atoms with E-state index in [1.165, 1.54) is 24.0 Å². The van der Waals surface area contributed by atoms with Crippen molar-refractivity contribution in [1.82, 2.24) is 0 Å². The molecule has 74 valence electrons. The fraction of sp³-hybridized carbons (Fsp3) is 0.273. The van der Waals surface area contributed by atoms with Crippen molar-refractivity contribution in [3.63, 3.8) is 0 Å². The second-order valence-corrected chi connectivity index (χ2v) is 3.33. The minimum absolute atomic E-state index is 1.17. The van der Waals surface area contributed by atoms with Gasteiger partial charge >= 0.3 is 26.4 Å². The van der Waals surface area contributed by atoms with Crippen LogP contribution < -0.4 is 0 Å². The van der Waals surface area contributed by atoms with Gasteiger partial charge in [-0.15, -0.1) is 0 Å². The van der Waals surface area contributed by atoms with Crippen LogP contribution in [0.4, 0.5) is 6.18 Å². The molecular weight excluding hydrogens is 218 g/mol. The molecule has 0 atom stereocenters. The van der Waals surface area contributed by atoms with Gasteiger partial charge in [-0.05, 0) is 24.0 Å². The van der Waals surface area contributed by atoms with Crippen LogP contribution in [-0.4, -0.2) is 0 Å². The van der Waals surface area contributed by atoms with Crippen molar-refractivity contribution in [3.8, 4) is 0 Å². The molecule has 0 amide bonds. The molecule has 0 saturated heterocycles. The average Bonchev–Trinajstić information content (AvgIpc) is 2.61. The predicted molar refractivity (Wildman–Crippen MR) is 50.6 cm³/mol. The normalized spacial score (nSPS) is 12.4. The Kier molecular flexibility index (Phi) is 5.06. The standard InChI is InChI=1S/C11H12.2FH.Ti/c1-2-9-7-10-5-3-4-6-11(10)8-9;;;/h3-7H,2,8H2,1H3;2*1H;/q;;;+2/p-2. The molecule has 0 saturated carbocycles. The first-order chi connectivity index (χ1) is 6.81. The van der Waals surface area contributed by atoms with Gasteiger partial charge in [-0.3, -0.25) is 0 Å². The van der Waals surface area contributed by atoms with Crippen LogP contribution in [0.2, 0.25) is 0 Å². The predicted octanol–water partition coefficient (Wildman–Crippen LogP) is 3.87. The molecule has 2 rings (SSSR count). The van der Waals surface area contributed by atoms with Crippen molar-refractivity contribution in [2.24, 2.45) is 0 Å². The summed E-state index contributed by atoms with van der Waals surface area (Å²) in [6, 6.07) is 8.63. The van der Waals surface area contributed by atoms with Crippen LogP contribution in [0, 0.1) is 0 Å². The number of rotatable bonds is 1. The maximum atomic E-state index is 9.75. The summed E-state index contributed by atoms with van der Waals surface area (Å²) in [7, 11) is 0. The Labute approximate surface area is 93.3 Å². The summed E-state index contributed by atoms with van der Waals surface area (Å²) in [5.41, 5.74) is 4.47. The number of halogens is 2. The molecule has 0 aromatic heterocycles. The molecule has 3 heteroatoms. The van der Waals surface area contributed by atoms with Crippen molar-refractivity contribution in [3.05, 3.63) is 41.0 Å². The van der Waals surface area contributed by atoms with E-state index >= 15 is 0 Å². The molecule has 0 heterocycles. The van der Waals surface area contributed by atoms with E-state index in [9.17, 15) is 6.18 Å². The monoisotopic (exact) mass is 230 g/mol. The van der Waals surface area contributed by atoms with Crippen LogP contribution in [0.25, 0.3) is 6.08 Å². The molecular formula is C11H12F2Ti. The van der Waals surface area contributed by atoms with Crippen LogP contribution in [0.1, 0.15) is 24.5 Å². The second kappa shape index (κ2) is 6.10. The van der Waals surface area contributed by atoms with E-state index in [4.69, 9.17) is 0 Å². The molecule has 0 bridgehead atoms. The Morgan fingerprint density at radius 3 is 2.50 bits per heavy atom. The van der Waals surface area contributed by atoms with Crippen LogP contribution in [-0.2, 0) is 26.6 Å². The van der Waals surface area contributed by atoms with E-state index in [2.05, 4.69) is 37.3 Å². The molecule has 0 spiro atoms. The van der Waals surface area contributed by atoms with Crippen molar-refractivity contribution in [2.75, 3.05) is 0 Å². The zero-order valence-corrected chi connectivity index (χ0v) is 9.62. The molecule has 1 aromatic rings. The number of allylic oxidation sites excluding steroid dienone is 1. The molecule has 0 N–H and O–H groups in total. The zero-order chi connectivity index (χ0) is 10.4. The summed E-state index contributed by atoms with van der Waals surface area (Å²) >= 11 is -2.50. The van der Waals surface area contributed by atoms with Gasteiger partial charge in [0, 0.05) is 0 Å². The number of hydrogen-bond acceptors (Lipinski definition) is 0. The summed E-state index contributed by atoms with van der Waals surface area (Å²) in [6.07, 6.45) is 4.68. The molecule has 1 aromatic carbocycles. The first kappa shape index (κ1) is 11.6. The Hall–Kier alpha value is -0.466. The molecule has 1 aliphatic carbocycles. The summed E-state index contributed by atoms with van der Waals surface area (Å²) in [6.45, 7) is 2.22. The van der Waals surface area contributed by atoms with E-state index < -0.39 is 20.2 Å². The molecule has 0 nitrogen and oxygen atoms in total. The van der Waals surface area contributed by atoms with Gasteiger partial charge in [0.2, 0.25) is 0 Å². The summed E-state index contributed by atoms with van der Waals surface area (Å²) in [5, 5.41) is 0. The SMILES string of the molecule is CCC1=Cc2ccccc2C1.[F][Ti][F]. The fourth-order valence-corrected chi connectivity index (χ4v) is 1.58. The van der Waals surface area contributed by atoms with E-state index in [1.807, 2.05) is 0 Å². The number of hydrogen-bond donors (Lipinski definition) is 0. The number of fused-ring (bicyclic) bond motifs is 1. The maximum absolute atomic E-state index is 9.75. The van der Waals surface area contributed by atoms with Gasteiger partial charge in [-0.2, -0.15) is 0 Å². The van der Waals surface area contributed by atoms with Gasteiger partial charge in [-0.25, -0.2) is 0 Å². The molecule has 0 aliphatic heterocycles. The van der Waals surface area contributed by atoms with Crippen molar-refractivity contribution < 1.29 is 26.4 Å². The van der Waals surface area contributed by atoms with E-state index in [-0.39, 0.29) is 0 Å². The van der Waals surface area contributed by atoms with E-state index in [0.29, 0.717) is 0 Å². The summed E-state index contributed by atoms with van der Waals surface area (Å²) in [5.74, 6) is 0. The molecule has 0 unspecified atom stereocenters. The van der Waals surface area contributed by atoms with Crippen molar-refractivity contribution in [1.29, 1.82) is 0 Å². The van der Waals surface area contributed by atoms with Crippen LogP contribution in [0.15, 0.2) is 29.8 Å². The molecule has 0 radical (unpaired) electrons. The Morgan fingerprint density at radius 2 is 1.93 bits per heavy atom. The third-order valence-corrected chi connectivity index (χ3v) is 2.29. The second-order valence-electron chi connectivity index (χ2n) is 3.10. The fourth-order valence-electron chi connectivity index (χ4n) is 1.58. The Morgan fingerprint density at radius 1 is 1.29 bits per heavy atom. The van der Waals surface area contributed by atoms with Gasteiger partial charge in [0.25, 0.3) is 0 Å². The van der Waals surface area contributed by atoms with E-state index in [0.717, 1.165) is 0 Å². The van der Waals surface area contributed by atoms with Gasteiger partial charge in [0.15, 0.2) is 0 Å².